The first kappa shape index (κ1) is 12.6. The summed E-state index contributed by atoms with van der Waals surface area (Å²) < 4.78 is 5.60. The van der Waals surface area contributed by atoms with Crippen molar-refractivity contribution in [2.75, 3.05) is 7.05 Å². The van der Waals surface area contributed by atoms with Crippen molar-refractivity contribution < 1.29 is 9.53 Å². The highest BCUT2D eigenvalue weighted by Crippen LogP contribution is 2.16. The summed E-state index contributed by atoms with van der Waals surface area (Å²) in [6.07, 6.45) is 0. The van der Waals surface area contributed by atoms with Crippen molar-refractivity contribution in [3.05, 3.63) is 45.9 Å². The van der Waals surface area contributed by atoms with E-state index in [0.717, 1.165) is 10.7 Å². The number of carbonyl (C=O) groups is 1. The largest absolute Gasteiger partial charge is 0.487 e. The van der Waals surface area contributed by atoms with Crippen LogP contribution in [0.4, 0.5) is 0 Å². The third-order valence-corrected chi connectivity index (χ3v) is 3.20. The monoisotopic (exact) mass is 262 g/mol. The van der Waals surface area contributed by atoms with Crippen LogP contribution in [-0.4, -0.2) is 17.9 Å². The lowest BCUT2D eigenvalue weighted by atomic mass is 10.2. The first-order valence-electron chi connectivity index (χ1n) is 5.55. The van der Waals surface area contributed by atoms with Crippen molar-refractivity contribution in [1.82, 2.24) is 10.3 Å². The fraction of sp³-hybridized carbons (Fsp3) is 0.231. The minimum atomic E-state index is -0.120. The highest BCUT2D eigenvalue weighted by atomic mass is 32.1. The number of thiazole rings is 1. The van der Waals surface area contributed by atoms with Gasteiger partial charge in [-0.15, -0.1) is 11.3 Å². The Morgan fingerprint density at radius 3 is 3.00 bits per heavy atom. The van der Waals surface area contributed by atoms with Crippen LogP contribution >= 0.6 is 11.3 Å². The van der Waals surface area contributed by atoms with Crippen LogP contribution in [-0.2, 0) is 6.61 Å². The first-order valence-corrected chi connectivity index (χ1v) is 6.43. The smallest absolute Gasteiger partial charge is 0.251 e. The Balaban J connectivity index is 2.03. The van der Waals surface area contributed by atoms with Crippen LogP contribution in [0.2, 0.25) is 0 Å². The van der Waals surface area contributed by atoms with Crippen LogP contribution in [0.25, 0.3) is 0 Å². The number of hydrogen-bond donors (Lipinski definition) is 1. The number of ether oxygens (including phenoxy) is 1. The third kappa shape index (κ3) is 3.07. The summed E-state index contributed by atoms with van der Waals surface area (Å²) in [5.74, 6) is 0.548. The Bertz CT molecular complexity index is 551. The molecule has 0 bridgehead atoms. The summed E-state index contributed by atoms with van der Waals surface area (Å²) in [5.41, 5.74) is 1.49. The zero-order valence-electron chi connectivity index (χ0n) is 10.3. The summed E-state index contributed by atoms with van der Waals surface area (Å²) >= 11 is 1.60. The Labute approximate surface area is 110 Å². The Hall–Kier alpha value is -1.88. The van der Waals surface area contributed by atoms with Crippen LogP contribution < -0.4 is 10.1 Å². The van der Waals surface area contributed by atoms with Crippen molar-refractivity contribution >= 4 is 17.2 Å². The van der Waals surface area contributed by atoms with E-state index in [0.29, 0.717) is 17.9 Å². The minimum absolute atomic E-state index is 0.120. The molecule has 0 saturated carbocycles. The van der Waals surface area contributed by atoms with Gasteiger partial charge in [-0.1, -0.05) is 6.07 Å². The fourth-order valence-electron chi connectivity index (χ4n) is 1.50. The molecule has 2 rings (SSSR count). The molecule has 1 aromatic carbocycles. The molecule has 1 heterocycles. The highest BCUT2D eigenvalue weighted by molar-refractivity contribution is 7.09. The van der Waals surface area contributed by atoms with Gasteiger partial charge in [0.05, 0.1) is 10.7 Å². The zero-order chi connectivity index (χ0) is 13.0. The number of nitrogens with zero attached hydrogens (tertiary/aromatic N) is 1. The molecule has 0 radical (unpaired) electrons. The standard InChI is InChI=1S/C13H14N2O2S/c1-9-15-11(8-18-9)7-17-12-5-3-4-10(6-12)13(16)14-2/h3-6,8H,7H2,1-2H3,(H,14,16). The van der Waals surface area contributed by atoms with Crippen molar-refractivity contribution in [1.29, 1.82) is 0 Å². The Morgan fingerprint density at radius 2 is 2.33 bits per heavy atom. The van der Waals surface area contributed by atoms with Crippen molar-refractivity contribution in [3.63, 3.8) is 0 Å². The van der Waals surface area contributed by atoms with E-state index in [1.807, 2.05) is 18.4 Å². The van der Waals surface area contributed by atoms with Crippen LogP contribution in [0.3, 0.4) is 0 Å². The topological polar surface area (TPSA) is 51.2 Å². The van der Waals surface area contributed by atoms with E-state index in [1.54, 1.807) is 36.6 Å². The lowest BCUT2D eigenvalue weighted by Gasteiger charge is -2.06. The van der Waals surface area contributed by atoms with Gasteiger partial charge in [-0.25, -0.2) is 4.98 Å². The molecule has 0 aliphatic rings. The van der Waals surface area contributed by atoms with E-state index >= 15 is 0 Å². The number of aromatic nitrogens is 1. The molecule has 0 aliphatic carbocycles. The SMILES string of the molecule is CNC(=O)c1cccc(OCc2csc(C)n2)c1. The summed E-state index contributed by atoms with van der Waals surface area (Å²) in [6.45, 7) is 2.38. The normalized spacial score (nSPS) is 10.1. The second-order valence-electron chi connectivity index (χ2n) is 3.75. The molecule has 18 heavy (non-hydrogen) atoms. The summed E-state index contributed by atoms with van der Waals surface area (Å²) in [6, 6.07) is 7.09. The zero-order valence-corrected chi connectivity index (χ0v) is 11.1. The van der Waals surface area contributed by atoms with Gasteiger partial charge in [0.25, 0.3) is 5.91 Å². The predicted molar refractivity (Wildman–Crippen MR) is 71.0 cm³/mol. The molecular formula is C13H14N2O2S. The lowest BCUT2D eigenvalue weighted by molar-refractivity contribution is 0.0962. The maximum atomic E-state index is 11.5. The maximum Gasteiger partial charge on any atom is 0.251 e. The number of aryl methyl sites for hydroxylation is 1. The van der Waals surface area contributed by atoms with E-state index in [9.17, 15) is 4.79 Å². The molecule has 0 atom stereocenters. The van der Waals surface area contributed by atoms with Gasteiger partial charge in [-0.3, -0.25) is 4.79 Å². The molecular weight excluding hydrogens is 248 g/mol. The quantitative estimate of drug-likeness (QED) is 0.920. The number of rotatable bonds is 4. The van der Waals surface area contributed by atoms with E-state index < -0.39 is 0 Å². The molecule has 4 nitrogen and oxygen atoms in total. The van der Waals surface area contributed by atoms with Crippen molar-refractivity contribution in [2.45, 2.75) is 13.5 Å². The van der Waals surface area contributed by atoms with Crippen LogP contribution in [0, 0.1) is 6.92 Å². The molecule has 1 aromatic heterocycles. The fourth-order valence-corrected chi connectivity index (χ4v) is 2.10. The van der Waals surface area contributed by atoms with Gasteiger partial charge < -0.3 is 10.1 Å². The Kier molecular flexibility index (Phi) is 3.94. The lowest BCUT2D eigenvalue weighted by Crippen LogP contribution is -2.17. The molecule has 0 fully saturated rings. The summed E-state index contributed by atoms with van der Waals surface area (Å²) in [4.78, 5) is 15.8. The van der Waals surface area contributed by atoms with E-state index in [1.165, 1.54) is 0 Å². The van der Waals surface area contributed by atoms with Gasteiger partial charge in [0.2, 0.25) is 0 Å². The van der Waals surface area contributed by atoms with Crippen LogP contribution in [0.1, 0.15) is 21.1 Å². The van der Waals surface area contributed by atoms with Gasteiger partial charge in [-0.2, -0.15) is 0 Å². The molecule has 0 spiro atoms. The second kappa shape index (κ2) is 5.64. The number of carbonyl (C=O) groups excluding carboxylic acids is 1. The molecule has 94 valence electrons. The maximum absolute atomic E-state index is 11.5. The number of nitrogens with one attached hydrogen (secondary N) is 1. The highest BCUT2D eigenvalue weighted by Gasteiger charge is 2.05. The third-order valence-electron chi connectivity index (χ3n) is 2.38. The van der Waals surface area contributed by atoms with Gasteiger partial charge in [0, 0.05) is 18.0 Å². The Morgan fingerprint density at radius 1 is 1.50 bits per heavy atom. The molecule has 1 N–H and O–H groups in total. The van der Waals surface area contributed by atoms with Crippen molar-refractivity contribution in [2.24, 2.45) is 0 Å². The van der Waals surface area contributed by atoms with Gasteiger partial charge in [-0.05, 0) is 25.1 Å². The van der Waals surface area contributed by atoms with E-state index in [2.05, 4.69) is 10.3 Å². The number of hydrogen-bond acceptors (Lipinski definition) is 4. The number of benzene rings is 1. The average Bonchev–Trinajstić information content (AvgIpc) is 2.81. The van der Waals surface area contributed by atoms with Gasteiger partial charge in [0.1, 0.15) is 12.4 Å². The minimum Gasteiger partial charge on any atom is -0.487 e. The molecule has 5 heteroatoms. The number of amides is 1. The molecule has 1 amide bonds. The van der Waals surface area contributed by atoms with E-state index in [-0.39, 0.29) is 5.91 Å². The van der Waals surface area contributed by atoms with Crippen LogP contribution in [0.15, 0.2) is 29.6 Å². The molecule has 0 unspecified atom stereocenters. The molecule has 0 saturated heterocycles. The molecule has 2 aromatic rings. The summed E-state index contributed by atoms with van der Waals surface area (Å²) in [7, 11) is 1.61. The van der Waals surface area contributed by atoms with E-state index in [4.69, 9.17) is 4.74 Å². The summed E-state index contributed by atoms with van der Waals surface area (Å²) in [5, 5.41) is 5.57. The van der Waals surface area contributed by atoms with Crippen LogP contribution in [0.5, 0.6) is 5.75 Å². The first-order chi connectivity index (χ1) is 8.69. The van der Waals surface area contributed by atoms with Gasteiger partial charge in [0.15, 0.2) is 0 Å². The predicted octanol–water partition coefficient (Wildman–Crippen LogP) is 2.39. The molecule has 0 aliphatic heterocycles. The average molecular weight is 262 g/mol. The van der Waals surface area contributed by atoms with Crippen molar-refractivity contribution in [3.8, 4) is 5.75 Å². The van der Waals surface area contributed by atoms with Gasteiger partial charge >= 0.3 is 0 Å². The second-order valence-corrected chi connectivity index (χ2v) is 4.82.